The summed E-state index contributed by atoms with van der Waals surface area (Å²) in [6.45, 7) is 5.60. The number of rotatable bonds is 0. The highest BCUT2D eigenvalue weighted by atomic mass is 79.9. The van der Waals surface area contributed by atoms with E-state index in [1.54, 1.807) is 6.92 Å². The van der Waals surface area contributed by atoms with Crippen LogP contribution in [0.5, 0.6) is 0 Å². The highest BCUT2D eigenvalue weighted by Crippen LogP contribution is 2.24. The zero-order chi connectivity index (χ0) is 9.72. The molecule has 0 N–H and O–H groups in total. The molecule has 1 rings (SSSR count). The van der Waals surface area contributed by atoms with E-state index in [1.807, 2.05) is 13.8 Å². The molecule has 68 valence electrons. The molecule has 1 heterocycles. The lowest BCUT2D eigenvalue weighted by Crippen LogP contribution is -1.87. The van der Waals surface area contributed by atoms with Gasteiger partial charge in [0.1, 0.15) is 10.4 Å². The standard InChI is InChI=1S/C6H4BrClFN.C2H6/c1-3-4(9)2-10-6(7)5(3)8;1-2/h2H,1H3;1-2H3. The third-order valence-electron chi connectivity index (χ3n) is 1.16. The van der Waals surface area contributed by atoms with E-state index >= 15 is 0 Å². The molecule has 0 atom stereocenters. The van der Waals surface area contributed by atoms with Crippen LogP contribution in [-0.4, -0.2) is 4.98 Å². The molecule has 0 fully saturated rings. The summed E-state index contributed by atoms with van der Waals surface area (Å²) >= 11 is 8.70. The molecule has 0 amide bonds. The van der Waals surface area contributed by atoms with Gasteiger partial charge in [0, 0.05) is 5.56 Å². The molecular formula is C8H10BrClFN. The van der Waals surface area contributed by atoms with Crippen molar-refractivity contribution in [3.63, 3.8) is 0 Å². The number of halogens is 3. The van der Waals surface area contributed by atoms with Crippen LogP contribution in [0.15, 0.2) is 10.8 Å². The molecule has 0 spiro atoms. The summed E-state index contributed by atoms with van der Waals surface area (Å²) in [6.07, 6.45) is 1.13. The fraction of sp³-hybridized carbons (Fsp3) is 0.375. The van der Waals surface area contributed by atoms with Crippen molar-refractivity contribution in [2.45, 2.75) is 20.8 Å². The Balaban J connectivity index is 0.000000561. The molecule has 0 aromatic carbocycles. The zero-order valence-electron chi connectivity index (χ0n) is 7.16. The molecule has 0 bridgehead atoms. The van der Waals surface area contributed by atoms with Crippen molar-refractivity contribution in [1.82, 2.24) is 4.98 Å². The van der Waals surface area contributed by atoms with Gasteiger partial charge in [0.15, 0.2) is 0 Å². The Labute approximate surface area is 85.1 Å². The summed E-state index contributed by atoms with van der Waals surface area (Å²) in [7, 11) is 0. The van der Waals surface area contributed by atoms with Gasteiger partial charge >= 0.3 is 0 Å². The molecule has 0 aliphatic carbocycles. The third-order valence-corrected chi connectivity index (χ3v) is 2.45. The highest BCUT2D eigenvalue weighted by molar-refractivity contribution is 9.10. The van der Waals surface area contributed by atoms with E-state index < -0.39 is 0 Å². The number of hydrogen-bond donors (Lipinski definition) is 0. The molecule has 1 aromatic rings. The maximum atomic E-state index is 12.6. The fourth-order valence-electron chi connectivity index (χ4n) is 0.526. The summed E-state index contributed by atoms with van der Waals surface area (Å²) in [5, 5.41) is 0.333. The normalized spacial score (nSPS) is 8.83. The SMILES string of the molecule is CC.Cc1c(F)cnc(Br)c1Cl. The first kappa shape index (κ1) is 11.8. The molecule has 0 radical (unpaired) electrons. The van der Waals surface area contributed by atoms with Gasteiger partial charge in [-0.3, -0.25) is 0 Å². The average Bonchev–Trinajstić information content (AvgIpc) is 2.12. The third kappa shape index (κ3) is 2.72. The van der Waals surface area contributed by atoms with Gasteiger partial charge in [-0.15, -0.1) is 0 Å². The quantitative estimate of drug-likeness (QED) is 0.638. The minimum absolute atomic E-state index is 0.333. The second kappa shape index (κ2) is 5.49. The number of nitrogens with zero attached hydrogens (tertiary/aromatic N) is 1. The Hall–Kier alpha value is -0.150. The van der Waals surface area contributed by atoms with Crippen LogP contribution >= 0.6 is 27.5 Å². The van der Waals surface area contributed by atoms with E-state index in [1.165, 1.54) is 0 Å². The minimum Gasteiger partial charge on any atom is -0.245 e. The number of pyridine rings is 1. The van der Waals surface area contributed by atoms with E-state index in [2.05, 4.69) is 20.9 Å². The van der Waals surface area contributed by atoms with Gasteiger partial charge in [-0.2, -0.15) is 0 Å². The summed E-state index contributed by atoms with van der Waals surface area (Å²) in [5.41, 5.74) is 0.420. The molecule has 12 heavy (non-hydrogen) atoms. The fourth-order valence-corrected chi connectivity index (χ4v) is 1.07. The zero-order valence-corrected chi connectivity index (χ0v) is 9.50. The maximum absolute atomic E-state index is 12.6. The lowest BCUT2D eigenvalue weighted by molar-refractivity contribution is 0.611. The molecule has 1 nitrogen and oxygen atoms in total. The van der Waals surface area contributed by atoms with Crippen LogP contribution in [0.2, 0.25) is 5.02 Å². The van der Waals surface area contributed by atoms with Crippen LogP contribution in [-0.2, 0) is 0 Å². The van der Waals surface area contributed by atoms with Gasteiger partial charge < -0.3 is 0 Å². The van der Waals surface area contributed by atoms with Crippen molar-refractivity contribution in [3.8, 4) is 0 Å². The first-order valence-corrected chi connectivity index (χ1v) is 4.76. The van der Waals surface area contributed by atoms with Crippen LogP contribution in [0.1, 0.15) is 19.4 Å². The van der Waals surface area contributed by atoms with E-state index in [9.17, 15) is 4.39 Å². The van der Waals surface area contributed by atoms with Crippen LogP contribution in [0.3, 0.4) is 0 Å². The van der Waals surface area contributed by atoms with Crippen LogP contribution in [0.25, 0.3) is 0 Å². The second-order valence-corrected chi connectivity index (χ2v) is 2.97. The smallest absolute Gasteiger partial charge is 0.145 e. The Bertz CT molecular complexity index is 238. The van der Waals surface area contributed by atoms with Crippen molar-refractivity contribution in [3.05, 3.63) is 27.2 Å². The maximum Gasteiger partial charge on any atom is 0.145 e. The second-order valence-electron chi connectivity index (χ2n) is 1.84. The summed E-state index contributed by atoms with van der Waals surface area (Å²) in [6, 6.07) is 0. The molecule has 0 saturated carbocycles. The topological polar surface area (TPSA) is 12.9 Å². The number of aromatic nitrogens is 1. The molecule has 0 aliphatic rings. The van der Waals surface area contributed by atoms with Crippen molar-refractivity contribution >= 4 is 27.5 Å². The lowest BCUT2D eigenvalue weighted by atomic mass is 10.3. The Morgan fingerprint density at radius 2 is 2.00 bits per heavy atom. The molecule has 4 heteroatoms. The van der Waals surface area contributed by atoms with Gasteiger partial charge in [-0.05, 0) is 22.9 Å². The first-order valence-electron chi connectivity index (χ1n) is 3.59. The molecule has 1 aromatic heterocycles. The van der Waals surface area contributed by atoms with E-state index in [4.69, 9.17) is 11.6 Å². The van der Waals surface area contributed by atoms with Gasteiger partial charge in [0.05, 0.1) is 11.2 Å². The lowest BCUT2D eigenvalue weighted by Gasteiger charge is -1.98. The summed E-state index contributed by atoms with van der Waals surface area (Å²) in [4.78, 5) is 3.65. The molecule has 0 unspecified atom stereocenters. The molecule has 0 aliphatic heterocycles. The largest absolute Gasteiger partial charge is 0.245 e. The van der Waals surface area contributed by atoms with Crippen molar-refractivity contribution < 1.29 is 4.39 Å². The summed E-state index contributed by atoms with van der Waals surface area (Å²) < 4.78 is 13.1. The monoisotopic (exact) mass is 253 g/mol. The number of hydrogen-bond acceptors (Lipinski definition) is 1. The Morgan fingerprint density at radius 1 is 1.50 bits per heavy atom. The van der Waals surface area contributed by atoms with Crippen molar-refractivity contribution in [1.29, 1.82) is 0 Å². The molecular weight excluding hydrogens is 244 g/mol. The predicted molar refractivity (Wildman–Crippen MR) is 53.0 cm³/mol. The van der Waals surface area contributed by atoms with Crippen LogP contribution < -0.4 is 0 Å². The van der Waals surface area contributed by atoms with Gasteiger partial charge in [0.2, 0.25) is 0 Å². The van der Waals surface area contributed by atoms with Gasteiger partial charge in [0.25, 0.3) is 0 Å². The van der Waals surface area contributed by atoms with Crippen molar-refractivity contribution in [2.24, 2.45) is 0 Å². The van der Waals surface area contributed by atoms with E-state index in [0.29, 0.717) is 15.2 Å². The highest BCUT2D eigenvalue weighted by Gasteiger charge is 2.05. The average molecular weight is 255 g/mol. The summed E-state index contributed by atoms with van der Waals surface area (Å²) in [5.74, 6) is -0.381. The minimum atomic E-state index is -0.381. The van der Waals surface area contributed by atoms with Gasteiger partial charge in [-0.1, -0.05) is 25.4 Å². The first-order chi connectivity index (χ1) is 5.63. The Kier molecular flexibility index (Phi) is 5.42. The Morgan fingerprint density at radius 3 is 2.42 bits per heavy atom. The van der Waals surface area contributed by atoms with Crippen LogP contribution in [0.4, 0.5) is 4.39 Å². The van der Waals surface area contributed by atoms with E-state index in [0.717, 1.165) is 6.20 Å². The van der Waals surface area contributed by atoms with Crippen LogP contribution in [0, 0.1) is 12.7 Å². The molecule has 0 saturated heterocycles. The van der Waals surface area contributed by atoms with Gasteiger partial charge in [-0.25, -0.2) is 9.37 Å². The van der Waals surface area contributed by atoms with Crippen molar-refractivity contribution in [2.75, 3.05) is 0 Å². The van der Waals surface area contributed by atoms with E-state index in [-0.39, 0.29) is 5.82 Å². The predicted octanol–water partition coefficient (Wildman–Crippen LogP) is 3.97.